The van der Waals surface area contributed by atoms with E-state index in [1.54, 1.807) is 12.1 Å². The van der Waals surface area contributed by atoms with E-state index in [1.807, 2.05) is 0 Å². The van der Waals surface area contributed by atoms with E-state index in [2.05, 4.69) is 22.9 Å². The largest absolute Gasteiger partial charge is 0.490 e. The maximum Gasteiger partial charge on any atom is 0.200 e. The molecule has 2 rings (SSSR count). The molecule has 0 radical (unpaired) electrons. The van der Waals surface area contributed by atoms with Crippen molar-refractivity contribution in [3.63, 3.8) is 0 Å². The van der Waals surface area contributed by atoms with Crippen LogP contribution in [-0.4, -0.2) is 11.9 Å². The van der Waals surface area contributed by atoms with Gasteiger partial charge in [-0.2, -0.15) is 4.39 Å². The van der Waals surface area contributed by atoms with Gasteiger partial charge < -0.3 is 4.74 Å². The maximum absolute atomic E-state index is 14.5. The fourth-order valence-corrected chi connectivity index (χ4v) is 4.19. The summed E-state index contributed by atoms with van der Waals surface area (Å²) in [6.07, 6.45) is 11.2. The SMILES string of the molecule is CCCCCC1CCC(c2ccc(OCCCCBr)c(F)c2F)CC1. The summed E-state index contributed by atoms with van der Waals surface area (Å²) in [5.41, 5.74) is 0.539. The van der Waals surface area contributed by atoms with Gasteiger partial charge in [0.05, 0.1) is 6.61 Å². The third-order valence-corrected chi connectivity index (χ3v) is 5.93. The molecule has 25 heavy (non-hydrogen) atoms. The van der Waals surface area contributed by atoms with Gasteiger partial charge in [0.15, 0.2) is 11.6 Å². The Hall–Kier alpha value is -0.640. The first-order valence-corrected chi connectivity index (χ1v) is 11.0. The number of hydrogen-bond acceptors (Lipinski definition) is 1. The Morgan fingerprint density at radius 1 is 1.00 bits per heavy atom. The summed E-state index contributed by atoms with van der Waals surface area (Å²) in [5, 5.41) is 0.896. The molecule has 1 saturated carbocycles. The van der Waals surface area contributed by atoms with E-state index in [4.69, 9.17) is 4.74 Å². The molecule has 0 saturated heterocycles. The highest BCUT2D eigenvalue weighted by Crippen LogP contribution is 2.40. The van der Waals surface area contributed by atoms with Crippen molar-refractivity contribution >= 4 is 15.9 Å². The fourth-order valence-electron chi connectivity index (χ4n) is 3.80. The summed E-state index contributed by atoms with van der Waals surface area (Å²) in [5.74, 6) is -0.551. The normalized spacial score (nSPS) is 20.6. The molecule has 0 heterocycles. The average Bonchev–Trinajstić information content (AvgIpc) is 2.63. The van der Waals surface area contributed by atoms with E-state index in [1.165, 1.54) is 25.7 Å². The molecule has 0 atom stereocenters. The minimum atomic E-state index is -0.818. The molecule has 4 heteroatoms. The summed E-state index contributed by atoms with van der Waals surface area (Å²) in [7, 11) is 0. The Bertz CT molecular complexity index is 513. The Balaban J connectivity index is 1.89. The molecule has 1 aromatic carbocycles. The highest BCUT2D eigenvalue weighted by Gasteiger charge is 2.26. The second-order valence-corrected chi connectivity index (χ2v) is 8.03. The van der Waals surface area contributed by atoms with Gasteiger partial charge >= 0.3 is 0 Å². The molecular weight excluding hydrogens is 386 g/mol. The number of halogens is 3. The molecule has 1 fully saturated rings. The van der Waals surface area contributed by atoms with Gasteiger partial charge in [-0.3, -0.25) is 0 Å². The van der Waals surface area contributed by atoms with Crippen LogP contribution in [-0.2, 0) is 0 Å². The van der Waals surface area contributed by atoms with Crippen molar-refractivity contribution < 1.29 is 13.5 Å². The maximum atomic E-state index is 14.5. The third kappa shape index (κ3) is 6.23. The van der Waals surface area contributed by atoms with E-state index in [9.17, 15) is 8.78 Å². The van der Waals surface area contributed by atoms with Gasteiger partial charge in [-0.25, -0.2) is 4.39 Å². The molecule has 0 unspecified atom stereocenters. The van der Waals surface area contributed by atoms with Crippen LogP contribution in [0.5, 0.6) is 5.75 Å². The van der Waals surface area contributed by atoms with E-state index < -0.39 is 11.6 Å². The Morgan fingerprint density at radius 3 is 2.44 bits per heavy atom. The minimum Gasteiger partial charge on any atom is -0.490 e. The lowest BCUT2D eigenvalue weighted by Gasteiger charge is -2.29. The van der Waals surface area contributed by atoms with Crippen molar-refractivity contribution in [3.05, 3.63) is 29.3 Å². The third-order valence-electron chi connectivity index (χ3n) is 5.36. The van der Waals surface area contributed by atoms with Gasteiger partial charge in [-0.1, -0.05) is 54.6 Å². The van der Waals surface area contributed by atoms with Crippen LogP contribution in [0.25, 0.3) is 0 Å². The Morgan fingerprint density at radius 2 is 1.76 bits per heavy atom. The van der Waals surface area contributed by atoms with Crippen LogP contribution in [0.2, 0.25) is 0 Å². The van der Waals surface area contributed by atoms with Gasteiger partial charge in [-0.15, -0.1) is 0 Å². The van der Waals surface area contributed by atoms with Crippen molar-refractivity contribution in [2.45, 2.75) is 77.0 Å². The minimum absolute atomic E-state index is 0.0454. The predicted molar refractivity (Wildman–Crippen MR) is 104 cm³/mol. The molecule has 1 nitrogen and oxygen atoms in total. The van der Waals surface area contributed by atoms with Crippen molar-refractivity contribution in [1.29, 1.82) is 0 Å². The van der Waals surface area contributed by atoms with Crippen molar-refractivity contribution in [3.8, 4) is 5.75 Å². The number of alkyl halides is 1. The second-order valence-electron chi connectivity index (χ2n) is 7.24. The first-order chi connectivity index (χ1) is 12.2. The summed E-state index contributed by atoms with van der Waals surface area (Å²) in [6.45, 7) is 2.65. The van der Waals surface area contributed by atoms with Gasteiger partial charge in [0.2, 0.25) is 5.82 Å². The number of ether oxygens (including phenoxy) is 1. The lowest BCUT2D eigenvalue weighted by molar-refractivity contribution is 0.282. The van der Waals surface area contributed by atoms with Gasteiger partial charge in [0, 0.05) is 5.33 Å². The highest BCUT2D eigenvalue weighted by atomic mass is 79.9. The molecule has 1 aliphatic carbocycles. The molecule has 142 valence electrons. The topological polar surface area (TPSA) is 9.23 Å². The van der Waals surface area contributed by atoms with Crippen LogP contribution in [0.4, 0.5) is 8.78 Å². The summed E-state index contributed by atoms with van der Waals surface area (Å²) in [4.78, 5) is 0. The molecule has 0 spiro atoms. The first kappa shape index (κ1) is 20.7. The number of unbranched alkanes of at least 4 members (excludes halogenated alkanes) is 3. The molecule has 0 aromatic heterocycles. The van der Waals surface area contributed by atoms with Crippen molar-refractivity contribution in [2.75, 3.05) is 11.9 Å². The number of hydrogen-bond donors (Lipinski definition) is 0. The number of benzene rings is 1. The first-order valence-electron chi connectivity index (χ1n) is 9.84. The molecule has 0 amide bonds. The fraction of sp³-hybridized carbons (Fsp3) is 0.714. The van der Waals surface area contributed by atoms with Crippen LogP contribution in [0.15, 0.2) is 12.1 Å². The Kier molecular flexibility index (Phi) is 9.22. The Labute approximate surface area is 159 Å². The van der Waals surface area contributed by atoms with Crippen LogP contribution < -0.4 is 4.74 Å². The lowest BCUT2D eigenvalue weighted by Crippen LogP contribution is -2.15. The monoisotopic (exact) mass is 416 g/mol. The molecular formula is C21H31BrF2O. The van der Waals surface area contributed by atoms with E-state index in [0.29, 0.717) is 12.2 Å². The standard InChI is InChI=1S/C21H31BrF2O/c1-2-3-4-7-16-8-10-17(11-9-16)18-12-13-19(21(24)20(18)23)25-15-6-5-14-22/h12-13,16-17H,2-11,14-15H2,1H3. The van der Waals surface area contributed by atoms with Gasteiger partial charge in [0.25, 0.3) is 0 Å². The molecule has 0 N–H and O–H groups in total. The van der Waals surface area contributed by atoms with Crippen LogP contribution >= 0.6 is 15.9 Å². The van der Waals surface area contributed by atoms with Crippen LogP contribution in [0.3, 0.4) is 0 Å². The van der Waals surface area contributed by atoms with Gasteiger partial charge in [-0.05, 0) is 62.0 Å². The zero-order valence-electron chi connectivity index (χ0n) is 15.3. The lowest BCUT2D eigenvalue weighted by atomic mass is 9.77. The highest BCUT2D eigenvalue weighted by molar-refractivity contribution is 9.09. The van der Waals surface area contributed by atoms with Crippen molar-refractivity contribution in [1.82, 2.24) is 0 Å². The van der Waals surface area contributed by atoms with Crippen LogP contribution in [0, 0.1) is 17.6 Å². The summed E-state index contributed by atoms with van der Waals surface area (Å²) in [6, 6.07) is 3.34. The zero-order chi connectivity index (χ0) is 18.1. The van der Waals surface area contributed by atoms with E-state index in [-0.39, 0.29) is 11.7 Å². The van der Waals surface area contributed by atoms with Crippen molar-refractivity contribution in [2.24, 2.45) is 5.92 Å². The summed E-state index contributed by atoms with van der Waals surface area (Å²) >= 11 is 3.35. The smallest absolute Gasteiger partial charge is 0.200 e. The summed E-state index contributed by atoms with van der Waals surface area (Å²) < 4.78 is 34.2. The number of rotatable bonds is 10. The van der Waals surface area contributed by atoms with E-state index in [0.717, 1.165) is 49.8 Å². The molecule has 0 bridgehead atoms. The molecule has 1 aromatic rings. The zero-order valence-corrected chi connectivity index (χ0v) is 16.9. The van der Waals surface area contributed by atoms with E-state index >= 15 is 0 Å². The second kappa shape index (κ2) is 11.2. The average molecular weight is 417 g/mol. The molecule has 1 aliphatic rings. The quantitative estimate of drug-likeness (QED) is 0.285. The molecule has 0 aliphatic heterocycles. The predicted octanol–water partition coefficient (Wildman–Crippen LogP) is 7.37. The van der Waals surface area contributed by atoms with Gasteiger partial charge in [0.1, 0.15) is 0 Å². The van der Waals surface area contributed by atoms with Crippen LogP contribution in [0.1, 0.15) is 82.6 Å².